The van der Waals surface area contributed by atoms with Crippen LogP contribution in [0.25, 0.3) is 0 Å². The van der Waals surface area contributed by atoms with Gasteiger partial charge in [-0.15, -0.1) is 0 Å². The Morgan fingerprint density at radius 1 is 1.45 bits per heavy atom. The second-order valence-corrected chi connectivity index (χ2v) is 2.56. The number of aryl methyl sites for hydroxylation is 2. The fourth-order valence-corrected chi connectivity index (χ4v) is 1.07. The summed E-state index contributed by atoms with van der Waals surface area (Å²) in [4.78, 5) is 4.40. The van der Waals surface area contributed by atoms with Gasteiger partial charge in [0.05, 0.1) is 0 Å². The molecule has 0 unspecified atom stereocenters. The van der Waals surface area contributed by atoms with Gasteiger partial charge in [0.1, 0.15) is 5.82 Å². The molecule has 0 spiro atoms. The minimum Gasteiger partial charge on any atom is -0.373 e. The van der Waals surface area contributed by atoms with Gasteiger partial charge in [-0.05, 0) is 25.0 Å². The van der Waals surface area contributed by atoms with Crippen molar-refractivity contribution in [2.24, 2.45) is 0 Å². The molecule has 1 aromatic rings. The molecule has 0 aliphatic rings. The van der Waals surface area contributed by atoms with Crippen molar-refractivity contribution in [1.29, 1.82) is 0 Å². The maximum absolute atomic E-state index is 4.40. The molecule has 1 heterocycles. The molecule has 0 amide bonds. The molecule has 1 rings (SSSR count). The summed E-state index contributed by atoms with van der Waals surface area (Å²) in [5.74, 6) is 0.951. The summed E-state index contributed by atoms with van der Waals surface area (Å²) in [6.07, 6.45) is 1.00. The predicted molar refractivity (Wildman–Crippen MR) is 47.9 cm³/mol. The highest BCUT2D eigenvalue weighted by molar-refractivity contribution is 5.37. The van der Waals surface area contributed by atoms with E-state index in [4.69, 9.17) is 0 Å². The van der Waals surface area contributed by atoms with Crippen molar-refractivity contribution in [2.75, 3.05) is 12.4 Å². The van der Waals surface area contributed by atoms with Gasteiger partial charge in [0, 0.05) is 12.7 Å². The van der Waals surface area contributed by atoms with Crippen molar-refractivity contribution in [3.63, 3.8) is 0 Å². The van der Waals surface area contributed by atoms with Crippen molar-refractivity contribution >= 4 is 5.82 Å². The number of nitrogens with one attached hydrogen (secondary N) is 1. The standard InChI is InChI=1S/C9H14N2/c1-4-8-7(2)5-6-9(10-3)11-8/h5-6H,4H2,1-3H3,(H,10,11). The Morgan fingerprint density at radius 2 is 2.18 bits per heavy atom. The van der Waals surface area contributed by atoms with Crippen molar-refractivity contribution in [2.45, 2.75) is 20.3 Å². The maximum Gasteiger partial charge on any atom is 0.125 e. The number of pyridine rings is 1. The second kappa shape index (κ2) is 3.37. The molecule has 0 saturated heterocycles. The third kappa shape index (κ3) is 1.70. The fraction of sp³-hybridized carbons (Fsp3) is 0.444. The molecule has 1 N–H and O–H groups in total. The van der Waals surface area contributed by atoms with E-state index in [1.54, 1.807) is 0 Å². The summed E-state index contributed by atoms with van der Waals surface area (Å²) in [5.41, 5.74) is 2.45. The summed E-state index contributed by atoms with van der Waals surface area (Å²) >= 11 is 0. The normalized spacial score (nSPS) is 9.73. The van der Waals surface area contributed by atoms with E-state index in [0.29, 0.717) is 0 Å². The van der Waals surface area contributed by atoms with Crippen LogP contribution in [0, 0.1) is 6.92 Å². The topological polar surface area (TPSA) is 24.9 Å². The van der Waals surface area contributed by atoms with Gasteiger partial charge >= 0.3 is 0 Å². The van der Waals surface area contributed by atoms with Gasteiger partial charge in [-0.3, -0.25) is 0 Å². The van der Waals surface area contributed by atoms with E-state index < -0.39 is 0 Å². The molecule has 2 nitrogen and oxygen atoms in total. The zero-order valence-electron chi connectivity index (χ0n) is 7.31. The summed E-state index contributed by atoms with van der Waals surface area (Å²) in [7, 11) is 1.89. The molecule has 60 valence electrons. The minimum absolute atomic E-state index is 0.951. The van der Waals surface area contributed by atoms with E-state index in [9.17, 15) is 0 Å². The smallest absolute Gasteiger partial charge is 0.125 e. The van der Waals surface area contributed by atoms with Crippen molar-refractivity contribution in [1.82, 2.24) is 4.98 Å². The molecule has 1 aromatic heterocycles. The third-order valence-corrected chi connectivity index (χ3v) is 1.79. The number of aromatic nitrogens is 1. The van der Waals surface area contributed by atoms with Crippen molar-refractivity contribution < 1.29 is 0 Å². The maximum atomic E-state index is 4.40. The Balaban J connectivity index is 3.02. The lowest BCUT2D eigenvalue weighted by molar-refractivity contribution is 1.01. The molecule has 0 aliphatic carbocycles. The van der Waals surface area contributed by atoms with E-state index in [2.05, 4.69) is 30.2 Å². The number of nitrogens with zero attached hydrogens (tertiary/aromatic N) is 1. The monoisotopic (exact) mass is 150 g/mol. The van der Waals surface area contributed by atoms with Gasteiger partial charge in [-0.25, -0.2) is 4.98 Å². The molecule has 0 bridgehead atoms. The van der Waals surface area contributed by atoms with Crippen LogP contribution in [0.4, 0.5) is 5.82 Å². The summed E-state index contributed by atoms with van der Waals surface area (Å²) < 4.78 is 0. The second-order valence-electron chi connectivity index (χ2n) is 2.56. The van der Waals surface area contributed by atoms with E-state index in [1.165, 1.54) is 11.3 Å². The van der Waals surface area contributed by atoms with Gasteiger partial charge in [0.2, 0.25) is 0 Å². The van der Waals surface area contributed by atoms with Gasteiger partial charge < -0.3 is 5.32 Å². The van der Waals surface area contributed by atoms with Crippen LogP contribution >= 0.6 is 0 Å². The Hall–Kier alpha value is -1.05. The lowest BCUT2D eigenvalue weighted by atomic mass is 10.2. The lowest BCUT2D eigenvalue weighted by Crippen LogP contribution is -1.97. The molecule has 2 heteroatoms. The number of hydrogen-bond acceptors (Lipinski definition) is 2. The van der Waals surface area contributed by atoms with Crippen LogP contribution in [0.5, 0.6) is 0 Å². The quantitative estimate of drug-likeness (QED) is 0.697. The van der Waals surface area contributed by atoms with Gasteiger partial charge in [-0.2, -0.15) is 0 Å². The Morgan fingerprint density at radius 3 is 2.73 bits per heavy atom. The Labute approximate surface area is 67.7 Å². The Kier molecular flexibility index (Phi) is 2.47. The van der Waals surface area contributed by atoms with Gasteiger partial charge in [-0.1, -0.05) is 13.0 Å². The zero-order chi connectivity index (χ0) is 8.27. The zero-order valence-corrected chi connectivity index (χ0v) is 7.31. The molecule has 0 saturated carbocycles. The van der Waals surface area contributed by atoms with E-state index in [0.717, 1.165) is 12.2 Å². The summed E-state index contributed by atoms with van der Waals surface area (Å²) in [5, 5.41) is 3.02. The van der Waals surface area contributed by atoms with Crippen molar-refractivity contribution in [3.8, 4) is 0 Å². The van der Waals surface area contributed by atoms with Crippen LogP contribution in [-0.4, -0.2) is 12.0 Å². The van der Waals surface area contributed by atoms with E-state index in [-0.39, 0.29) is 0 Å². The first-order valence-electron chi connectivity index (χ1n) is 3.92. The number of anilines is 1. The van der Waals surface area contributed by atoms with Crippen LogP contribution in [0.3, 0.4) is 0 Å². The van der Waals surface area contributed by atoms with E-state index in [1.807, 2.05) is 13.1 Å². The van der Waals surface area contributed by atoms with Crippen LogP contribution < -0.4 is 5.32 Å². The SMILES string of the molecule is CCc1nc(NC)ccc1C. The van der Waals surface area contributed by atoms with Gasteiger partial charge in [0.15, 0.2) is 0 Å². The minimum atomic E-state index is 0.951. The third-order valence-electron chi connectivity index (χ3n) is 1.79. The molecule has 0 radical (unpaired) electrons. The molecule has 0 aromatic carbocycles. The van der Waals surface area contributed by atoms with Crippen molar-refractivity contribution in [3.05, 3.63) is 23.4 Å². The van der Waals surface area contributed by atoms with Crippen LogP contribution in [0.1, 0.15) is 18.2 Å². The first-order valence-corrected chi connectivity index (χ1v) is 3.92. The van der Waals surface area contributed by atoms with Crippen LogP contribution in [0.2, 0.25) is 0 Å². The lowest BCUT2D eigenvalue weighted by Gasteiger charge is -2.04. The van der Waals surface area contributed by atoms with Gasteiger partial charge in [0.25, 0.3) is 0 Å². The summed E-state index contributed by atoms with van der Waals surface area (Å²) in [6, 6.07) is 4.09. The number of rotatable bonds is 2. The molecule has 0 atom stereocenters. The largest absolute Gasteiger partial charge is 0.373 e. The van der Waals surface area contributed by atoms with Crippen LogP contribution in [0.15, 0.2) is 12.1 Å². The predicted octanol–water partition coefficient (Wildman–Crippen LogP) is 1.99. The van der Waals surface area contributed by atoms with E-state index >= 15 is 0 Å². The number of hydrogen-bond donors (Lipinski definition) is 1. The summed E-state index contributed by atoms with van der Waals surface area (Å²) in [6.45, 7) is 4.21. The average Bonchev–Trinajstić information content (AvgIpc) is 2.05. The molecule has 0 aliphatic heterocycles. The highest BCUT2D eigenvalue weighted by atomic mass is 15.0. The highest BCUT2D eigenvalue weighted by Gasteiger charge is 1.97. The first kappa shape index (κ1) is 8.05. The van der Waals surface area contributed by atoms with Crippen LogP contribution in [-0.2, 0) is 6.42 Å². The highest BCUT2D eigenvalue weighted by Crippen LogP contribution is 2.09. The first-order chi connectivity index (χ1) is 5.27. The average molecular weight is 150 g/mol. The molecular weight excluding hydrogens is 136 g/mol. The molecule has 0 fully saturated rings. The Bertz CT molecular complexity index is 243. The fourth-order valence-electron chi connectivity index (χ4n) is 1.07. The molecular formula is C9H14N2. The molecule has 11 heavy (non-hydrogen) atoms.